The summed E-state index contributed by atoms with van der Waals surface area (Å²) in [6.07, 6.45) is 6.45. The number of nitrogens with zero attached hydrogens (tertiary/aromatic N) is 1. The Kier molecular flexibility index (Phi) is 5.49. The first-order valence-electron chi connectivity index (χ1n) is 9.29. The van der Waals surface area contributed by atoms with Crippen molar-refractivity contribution in [2.75, 3.05) is 0 Å². The van der Waals surface area contributed by atoms with E-state index in [0.29, 0.717) is 13.2 Å². The summed E-state index contributed by atoms with van der Waals surface area (Å²) in [5.41, 5.74) is 3.27. The molecule has 0 atom stereocenters. The molecule has 27 heavy (non-hydrogen) atoms. The van der Waals surface area contributed by atoms with Gasteiger partial charge in [-0.05, 0) is 67.1 Å². The number of aryl methyl sites for hydroxylation is 2. The predicted octanol–water partition coefficient (Wildman–Crippen LogP) is 4.53. The molecule has 4 rings (SSSR count). The maximum absolute atomic E-state index is 12.5. The van der Waals surface area contributed by atoms with E-state index in [2.05, 4.69) is 16.4 Å². The molecule has 0 aliphatic heterocycles. The van der Waals surface area contributed by atoms with E-state index in [9.17, 15) is 4.79 Å². The van der Waals surface area contributed by atoms with Gasteiger partial charge in [-0.1, -0.05) is 18.2 Å². The van der Waals surface area contributed by atoms with Gasteiger partial charge in [0, 0.05) is 17.6 Å². The number of ether oxygens (including phenoxy) is 1. The molecule has 0 saturated carbocycles. The fraction of sp³-hybridized carbons (Fsp3) is 0.273. The van der Waals surface area contributed by atoms with Crippen molar-refractivity contribution in [1.29, 1.82) is 0 Å². The molecule has 0 unspecified atom stereocenters. The topological polar surface area (TPSA) is 51.2 Å². The van der Waals surface area contributed by atoms with Crippen molar-refractivity contribution in [1.82, 2.24) is 10.3 Å². The number of amides is 1. The lowest BCUT2D eigenvalue weighted by Gasteiger charge is -2.08. The average molecular weight is 378 g/mol. The number of aromatic nitrogens is 1. The molecule has 2 aromatic heterocycles. The van der Waals surface area contributed by atoms with Crippen LogP contribution in [0.3, 0.4) is 0 Å². The van der Waals surface area contributed by atoms with Gasteiger partial charge in [0.05, 0.1) is 10.6 Å². The van der Waals surface area contributed by atoms with Crippen LogP contribution in [0.4, 0.5) is 0 Å². The van der Waals surface area contributed by atoms with Crippen molar-refractivity contribution < 1.29 is 9.53 Å². The number of hydrogen-bond donors (Lipinski definition) is 1. The van der Waals surface area contributed by atoms with Crippen LogP contribution in [0.2, 0.25) is 0 Å². The largest absolute Gasteiger partial charge is 0.487 e. The Morgan fingerprint density at radius 1 is 1.11 bits per heavy atom. The summed E-state index contributed by atoms with van der Waals surface area (Å²) >= 11 is 1.64. The van der Waals surface area contributed by atoms with Gasteiger partial charge in [-0.2, -0.15) is 0 Å². The first kappa shape index (κ1) is 17.7. The summed E-state index contributed by atoms with van der Waals surface area (Å²) in [5.74, 6) is 0.785. The fourth-order valence-electron chi connectivity index (χ4n) is 3.26. The van der Waals surface area contributed by atoms with Crippen molar-refractivity contribution in [3.63, 3.8) is 0 Å². The SMILES string of the molecule is O=C(NCc1cccc(OCc2ccccn2)c1)c1cc2c(s1)CCCC2. The van der Waals surface area contributed by atoms with Gasteiger partial charge < -0.3 is 10.1 Å². The number of carbonyl (C=O) groups excluding carboxylic acids is 1. The second-order valence-corrected chi connectivity index (χ2v) is 7.84. The van der Waals surface area contributed by atoms with Gasteiger partial charge in [0.1, 0.15) is 12.4 Å². The number of thiophene rings is 1. The van der Waals surface area contributed by atoms with Crippen LogP contribution in [0.1, 0.15) is 44.2 Å². The van der Waals surface area contributed by atoms with E-state index in [1.54, 1.807) is 17.5 Å². The minimum Gasteiger partial charge on any atom is -0.487 e. The summed E-state index contributed by atoms with van der Waals surface area (Å²) in [7, 11) is 0. The van der Waals surface area contributed by atoms with Crippen molar-refractivity contribution in [3.8, 4) is 5.75 Å². The van der Waals surface area contributed by atoms with Gasteiger partial charge in [0.25, 0.3) is 5.91 Å². The Balaban J connectivity index is 1.34. The highest BCUT2D eigenvalue weighted by atomic mass is 32.1. The summed E-state index contributed by atoms with van der Waals surface area (Å²) in [5, 5.41) is 3.03. The molecule has 1 aliphatic carbocycles. The summed E-state index contributed by atoms with van der Waals surface area (Å²) in [6.45, 7) is 0.916. The first-order valence-corrected chi connectivity index (χ1v) is 10.1. The molecule has 0 radical (unpaired) electrons. The lowest BCUT2D eigenvalue weighted by atomic mass is 9.99. The molecule has 1 amide bonds. The van der Waals surface area contributed by atoms with Gasteiger partial charge in [0.2, 0.25) is 0 Å². The van der Waals surface area contributed by atoms with E-state index in [1.807, 2.05) is 42.5 Å². The van der Waals surface area contributed by atoms with E-state index < -0.39 is 0 Å². The lowest BCUT2D eigenvalue weighted by Crippen LogP contribution is -2.21. The second-order valence-electron chi connectivity index (χ2n) is 6.71. The van der Waals surface area contributed by atoms with Crippen LogP contribution >= 0.6 is 11.3 Å². The molecule has 4 nitrogen and oxygen atoms in total. The Morgan fingerprint density at radius 3 is 2.89 bits per heavy atom. The van der Waals surface area contributed by atoms with Gasteiger partial charge in [-0.3, -0.25) is 9.78 Å². The van der Waals surface area contributed by atoms with Crippen LogP contribution in [0.5, 0.6) is 5.75 Å². The first-order chi connectivity index (χ1) is 13.3. The maximum Gasteiger partial charge on any atom is 0.261 e. The zero-order valence-electron chi connectivity index (χ0n) is 15.1. The quantitative estimate of drug-likeness (QED) is 0.686. The molecular weight excluding hydrogens is 356 g/mol. The summed E-state index contributed by atoms with van der Waals surface area (Å²) < 4.78 is 5.81. The standard InChI is InChI=1S/C22H22N2O2S/c25-22(21-13-17-7-1-2-10-20(17)27-21)24-14-16-6-5-9-19(12-16)26-15-18-8-3-4-11-23-18/h3-6,8-9,11-13H,1-2,7,10,14-15H2,(H,24,25). The van der Waals surface area contributed by atoms with Crippen molar-refractivity contribution in [2.45, 2.75) is 38.8 Å². The lowest BCUT2D eigenvalue weighted by molar-refractivity contribution is 0.0955. The highest BCUT2D eigenvalue weighted by molar-refractivity contribution is 7.14. The molecule has 1 aromatic carbocycles. The van der Waals surface area contributed by atoms with Crippen molar-refractivity contribution in [2.24, 2.45) is 0 Å². The predicted molar refractivity (Wildman–Crippen MR) is 107 cm³/mol. The van der Waals surface area contributed by atoms with E-state index in [1.165, 1.54) is 23.3 Å². The molecule has 0 bridgehead atoms. The molecule has 2 heterocycles. The number of rotatable bonds is 6. The Hall–Kier alpha value is -2.66. The van der Waals surface area contributed by atoms with Crippen molar-refractivity contribution >= 4 is 17.2 Å². The molecule has 1 aliphatic rings. The van der Waals surface area contributed by atoms with E-state index in [0.717, 1.165) is 34.7 Å². The fourth-order valence-corrected chi connectivity index (χ4v) is 4.43. The van der Waals surface area contributed by atoms with Gasteiger partial charge in [0.15, 0.2) is 0 Å². The molecule has 0 spiro atoms. The van der Waals surface area contributed by atoms with E-state index in [4.69, 9.17) is 4.74 Å². The highest BCUT2D eigenvalue weighted by Crippen LogP contribution is 2.29. The van der Waals surface area contributed by atoms with Gasteiger partial charge in [-0.15, -0.1) is 11.3 Å². The van der Waals surface area contributed by atoms with Crippen molar-refractivity contribution in [3.05, 3.63) is 81.3 Å². The minimum absolute atomic E-state index is 0.00852. The Bertz CT molecular complexity index is 898. The highest BCUT2D eigenvalue weighted by Gasteiger charge is 2.17. The zero-order valence-corrected chi connectivity index (χ0v) is 15.9. The monoisotopic (exact) mass is 378 g/mol. The van der Waals surface area contributed by atoms with Crippen LogP contribution < -0.4 is 10.1 Å². The third kappa shape index (κ3) is 4.55. The number of nitrogens with one attached hydrogen (secondary N) is 1. The van der Waals surface area contributed by atoms with E-state index >= 15 is 0 Å². The smallest absolute Gasteiger partial charge is 0.261 e. The third-order valence-corrected chi connectivity index (χ3v) is 5.92. The average Bonchev–Trinajstić information content (AvgIpc) is 3.16. The zero-order chi connectivity index (χ0) is 18.5. The van der Waals surface area contributed by atoms with Crippen LogP contribution in [0.25, 0.3) is 0 Å². The molecule has 0 fully saturated rings. The third-order valence-electron chi connectivity index (χ3n) is 4.68. The summed E-state index contributed by atoms with van der Waals surface area (Å²) in [6, 6.07) is 15.7. The number of pyridine rings is 1. The Morgan fingerprint density at radius 2 is 2.04 bits per heavy atom. The summed E-state index contributed by atoms with van der Waals surface area (Å²) in [4.78, 5) is 19.0. The minimum atomic E-state index is 0.00852. The number of benzene rings is 1. The van der Waals surface area contributed by atoms with Crippen LogP contribution in [0, 0.1) is 0 Å². The molecule has 0 saturated heterocycles. The van der Waals surface area contributed by atoms with Crippen LogP contribution in [-0.2, 0) is 26.0 Å². The normalized spacial score (nSPS) is 13.0. The molecule has 138 valence electrons. The number of fused-ring (bicyclic) bond motifs is 1. The number of carbonyl (C=O) groups is 1. The van der Waals surface area contributed by atoms with E-state index in [-0.39, 0.29) is 5.91 Å². The Labute approximate surface area is 163 Å². The maximum atomic E-state index is 12.5. The second kappa shape index (κ2) is 8.35. The molecule has 5 heteroatoms. The van der Waals surface area contributed by atoms with Gasteiger partial charge >= 0.3 is 0 Å². The van der Waals surface area contributed by atoms with Crippen LogP contribution in [-0.4, -0.2) is 10.9 Å². The number of hydrogen-bond acceptors (Lipinski definition) is 4. The molecule has 1 N–H and O–H groups in total. The molecule has 3 aromatic rings. The van der Waals surface area contributed by atoms with Crippen LogP contribution in [0.15, 0.2) is 54.7 Å². The molecular formula is C22H22N2O2S. The van der Waals surface area contributed by atoms with Gasteiger partial charge in [-0.25, -0.2) is 0 Å².